The molecule has 34 heavy (non-hydrogen) atoms. The second-order valence-corrected chi connectivity index (χ2v) is 13.0. The van der Waals surface area contributed by atoms with Gasteiger partial charge in [-0.25, -0.2) is 8.42 Å². The molecule has 4 aliphatic rings. The lowest BCUT2D eigenvalue weighted by Gasteiger charge is -2.54. The summed E-state index contributed by atoms with van der Waals surface area (Å²) in [6, 6.07) is 13.0. The van der Waals surface area contributed by atoms with Crippen LogP contribution in [0.25, 0.3) is 0 Å². The third kappa shape index (κ3) is 4.49. The van der Waals surface area contributed by atoms with Gasteiger partial charge in [0.1, 0.15) is 6.04 Å². The molecule has 5 nitrogen and oxygen atoms in total. The lowest BCUT2D eigenvalue weighted by Crippen LogP contribution is -2.45. The van der Waals surface area contributed by atoms with Crippen LogP contribution in [0.3, 0.4) is 0 Å². The van der Waals surface area contributed by atoms with Crippen molar-refractivity contribution in [2.45, 2.75) is 64.8 Å². The summed E-state index contributed by atoms with van der Waals surface area (Å²) in [4.78, 5) is 13.1. The second kappa shape index (κ2) is 8.71. The minimum Gasteiger partial charge on any atom is -0.324 e. The molecule has 182 valence electrons. The Kier molecular flexibility index (Phi) is 5.99. The van der Waals surface area contributed by atoms with Gasteiger partial charge < -0.3 is 5.32 Å². The summed E-state index contributed by atoms with van der Waals surface area (Å²) >= 11 is 0. The largest absolute Gasteiger partial charge is 0.324 e. The Labute approximate surface area is 204 Å². The maximum Gasteiger partial charge on any atom is 0.247 e. The minimum absolute atomic E-state index is 0.341. The molecule has 1 N–H and O–H groups in total. The van der Waals surface area contributed by atoms with Crippen LogP contribution in [0.5, 0.6) is 0 Å². The molecule has 0 heterocycles. The van der Waals surface area contributed by atoms with Crippen LogP contribution in [-0.4, -0.2) is 26.6 Å². The summed E-state index contributed by atoms with van der Waals surface area (Å²) in [5, 5.41) is 2.94. The molecule has 0 saturated heterocycles. The zero-order valence-electron chi connectivity index (χ0n) is 20.6. The van der Waals surface area contributed by atoms with Gasteiger partial charge in [0.15, 0.2) is 0 Å². The molecular weight excluding hydrogens is 444 g/mol. The molecule has 1 amide bonds. The van der Waals surface area contributed by atoms with Crippen molar-refractivity contribution in [2.24, 2.45) is 23.7 Å². The molecule has 0 radical (unpaired) electrons. The highest BCUT2D eigenvalue weighted by atomic mass is 32.2. The highest BCUT2D eigenvalue weighted by Gasteiger charge is 2.48. The molecule has 1 atom stereocenters. The van der Waals surface area contributed by atoms with Gasteiger partial charge in [0.05, 0.1) is 11.9 Å². The zero-order valence-corrected chi connectivity index (χ0v) is 21.4. The van der Waals surface area contributed by atoms with Crippen LogP contribution in [0.1, 0.15) is 61.6 Å². The maximum atomic E-state index is 13.1. The number of nitrogens with zero attached hydrogens (tertiary/aromatic N) is 1. The number of benzene rings is 2. The van der Waals surface area contributed by atoms with Crippen molar-refractivity contribution >= 4 is 27.3 Å². The molecule has 4 aliphatic carbocycles. The Balaban J connectivity index is 1.31. The maximum absolute atomic E-state index is 13.1. The summed E-state index contributed by atoms with van der Waals surface area (Å²) in [6.45, 7) is 5.48. The fourth-order valence-corrected chi connectivity index (χ4v) is 8.55. The van der Waals surface area contributed by atoms with Gasteiger partial charge in [-0.2, -0.15) is 0 Å². The predicted molar refractivity (Wildman–Crippen MR) is 138 cm³/mol. The van der Waals surface area contributed by atoms with E-state index in [0.29, 0.717) is 17.3 Å². The average molecular weight is 481 g/mol. The molecular formula is C28H36N2O3S. The van der Waals surface area contributed by atoms with Crippen LogP contribution in [0, 0.1) is 37.5 Å². The van der Waals surface area contributed by atoms with E-state index in [1.165, 1.54) is 42.0 Å². The van der Waals surface area contributed by atoms with Crippen molar-refractivity contribution in [1.29, 1.82) is 0 Å². The first-order valence-electron chi connectivity index (χ1n) is 12.6. The van der Waals surface area contributed by atoms with E-state index in [0.717, 1.165) is 41.1 Å². The van der Waals surface area contributed by atoms with Crippen molar-refractivity contribution in [3.05, 3.63) is 59.2 Å². The summed E-state index contributed by atoms with van der Waals surface area (Å²) in [7, 11) is -3.65. The van der Waals surface area contributed by atoms with E-state index in [9.17, 15) is 13.2 Å². The second-order valence-electron chi connectivity index (χ2n) is 11.1. The number of carbonyl (C=O) groups excluding carboxylic acids is 1. The van der Waals surface area contributed by atoms with E-state index in [1.54, 1.807) is 19.1 Å². The topological polar surface area (TPSA) is 66.5 Å². The van der Waals surface area contributed by atoms with Crippen LogP contribution in [-0.2, 0) is 14.8 Å². The molecule has 0 aliphatic heterocycles. The molecule has 0 spiro atoms. The van der Waals surface area contributed by atoms with Crippen molar-refractivity contribution in [2.75, 3.05) is 15.9 Å². The van der Waals surface area contributed by atoms with Crippen molar-refractivity contribution in [3.63, 3.8) is 0 Å². The number of hydrogen-bond acceptors (Lipinski definition) is 3. The third-order valence-electron chi connectivity index (χ3n) is 8.34. The molecule has 4 saturated carbocycles. The number of hydrogen-bond donors (Lipinski definition) is 1. The Morgan fingerprint density at radius 2 is 1.44 bits per heavy atom. The summed E-state index contributed by atoms with van der Waals surface area (Å²) < 4.78 is 26.5. The SMILES string of the molecule is Cc1cc(C)cc(N([C@@H](C)C(=O)Nc2ccc(C3C4CC5CC(C4)CC3C5)cc2)S(C)(=O)=O)c1. The van der Waals surface area contributed by atoms with E-state index in [2.05, 4.69) is 17.4 Å². The average Bonchev–Trinajstić information content (AvgIpc) is 2.72. The van der Waals surface area contributed by atoms with E-state index < -0.39 is 16.1 Å². The standard InChI is InChI=1S/C28H36N2O3S/c1-17-9-18(2)11-26(10-17)30(34(4,32)33)19(3)28(31)29-25-7-5-22(6-8-25)27-23-13-20-12-21(15-23)16-24(27)14-20/h5-11,19-21,23-24,27H,12-16H2,1-4H3,(H,29,31)/t19-,20?,21?,23?,24?,27?/m0/s1. The van der Waals surface area contributed by atoms with Crippen LogP contribution in [0.4, 0.5) is 11.4 Å². The molecule has 2 aromatic rings. The highest BCUT2D eigenvalue weighted by Crippen LogP contribution is 2.59. The predicted octanol–water partition coefficient (Wildman–Crippen LogP) is 5.64. The first kappa shape index (κ1) is 23.4. The molecule has 0 aromatic heterocycles. The first-order chi connectivity index (χ1) is 16.1. The normalized spacial score (nSPS) is 28.5. The Bertz CT molecular complexity index is 1140. The Morgan fingerprint density at radius 1 is 0.912 bits per heavy atom. The van der Waals surface area contributed by atoms with Gasteiger partial charge in [-0.15, -0.1) is 0 Å². The molecule has 6 heteroatoms. The van der Waals surface area contributed by atoms with Crippen molar-refractivity contribution in [1.82, 2.24) is 0 Å². The van der Waals surface area contributed by atoms with Crippen LogP contribution in [0.2, 0.25) is 0 Å². The van der Waals surface area contributed by atoms with Gasteiger partial charge in [0.2, 0.25) is 15.9 Å². The summed E-state index contributed by atoms with van der Waals surface area (Å²) in [5.41, 5.74) is 4.53. The molecule has 0 unspecified atom stereocenters. The molecule has 2 aromatic carbocycles. The van der Waals surface area contributed by atoms with E-state index in [-0.39, 0.29) is 5.91 Å². The van der Waals surface area contributed by atoms with E-state index in [4.69, 9.17) is 0 Å². The smallest absolute Gasteiger partial charge is 0.247 e. The number of carbonyl (C=O) groups is 1. The fourth-order valence-electron chi connectivity index (χ4n) is 7.39. The van der Waals surface area contributed by atoms with E-state index >= 15 is 0 Å². The minimum atomic E-state index is -3.65. The zero-order chi connectivity index (χ0) is 24.2. The van der Waals surface area contributed by atoms with Gasteiger partial charge >= 0.3 is 0 Å². The number of nitrogens with one attached hydrogen (secondary N) is 1. The number of amides is 1. The lowest BCUT2D eigenvalue weighted by molar-refractivity contribution is -0.116. The monoisotopic (exact) mass is 480 g/mol. The van der Waals surface area contributed by atoms with E-state index in [1.807, 2.05) is 32.0 Å². The summed E-state index contributed by atoms with van der Waals surface area (Å²) in [6.07, 6.45) is 8.13. The van der Waals surface area contributed by atoms with Crippen LogP contribution >= 0.6 is 0 Å². The number of anilines is 2. The van der Waals surface area contributed by atoms with Gasteiger partial charge in [0.25, 0.3) is 0 Å². The Hall–Kier alpha value is -2.34. The quantitative estimate of drug-likeness (QED) is 0.582. The molecule has 4 fully saturated rings. The van der Waals surface area contributed by atoms with Crippen molar-refractivity contribution in [3.8, 4) is 0 Å². The number of aryl methyl sites for hydroxylation is 2. The summed E-state index contributed by atoms with van der Waals surface area (Å²) in [5.74, 6) is 3.85. The van der Waals surface area contributed by atoms with Gasteiger partial charge in [-0.05, 0) is 123 Å². The number of sulfonamides is 1. The van der Waals surface area contributed by atoms with Gasteiger partial charge in [-0.1, -0.05) is 18.2 Å². The highest BCUT2D eigenvalue weighted by molar-refractivity contribution is 7.92. The van der Waals surface area contributed by atoms with Gasteiger partial charge in [-0.3, -0.25) is 9.10 Å². The first-order valence-corrected chi connectivity index (χ1v) is 14.4. The Morgan fingerprint density at radius 3 is 1.94 bits per heavy atom. The third-order valence-corrected chi connectivity index (χ3v) is 9.58. The molecule has 4 bridgehead atoms. The molecule has 6 rings (SSSR count). The van der Waals surface area contributed by atoms with Crippen LogP contribution < -0.4 is 9.62 Å². The van der Waals surface area contributed by atoms with Gasteiger partial charge in [0, 0.05) is 5.69 Å². The van der Waals surface area contributed by atoms with Crippen LogP contribution in [0.15, 0.2) is 42.5 Å². The number of rotatable bonds is 6. The fraction of sp³-hybridized carbons (Fsp3) is 0.536. The lowest BCUT2D eigenvalue weighted by atomic mass is 9.51. The van der Waals surface area contributed by atoms with Crippen molar-refractivity contribution < 1.29 is 13.2 Å².